The predicted octanol–water partition coefficient (Wildman–Crippen LogP) is 4.77. The van der Waals surface area contributed by atoms with Gasteiger partial charge in [-0.3, -0.25) is 50.5 Å². The maximum atomic E-state index is 13.8. The number of aliphatic carboxylic acids is 1. The Labute approximate surface area is 555 Å². The first-order chi connectivity index (χ1) is 45.8. The second-order valence-electron chi connectivity index (χ2n) is 23.2. The number of benzene rings is 6. The van der Waals surface area contributed by atoms with E-state index < -0.39 is 139 Å². The van der Waals surface area contributed by atoms with Gasteiger partial charge in [-0.15, -0.1) is 0 Å². The van der Waals surface area contributed by atoms with Crippen LogP contribution in [0.1, 0.15) is 86.8 Å². The number of carboxylic acid groups (broad SMARTS) is 1. The lowest BCUT2D eigenvalue weighted by Gasteiger charge is -2.47. The summed E-state index contributed by atoms with van der Waals surface area (Å²) in [6.07, 6.45) is -14.1. The van der Waals surface area contributed by atoms with Crippen LogP contribution in [-0.2, 0) is 58.9 Å². The SMILES string of the molecule is CCC(C(=O)NNC(=O)CCC(=O)NNC(=O)[C@@H]1O[C@@H](OC2C(NC(C)=O)[C@H](C)O[C@@H](CO)[C@H]2O)C(O)C(O)[C@@H]1OC)C(O)(c1ccc(OC)cc1)c1ccc(Oc2ccc(C)cc2)cc1.CCC(C(=O)O)C(O)(c1ccc(OC)cc1)c1ccc(Oc2ccc(C)cc2)cc1. The predicted molar refractivity (Wildman–Crippen MR) is 346 cm³/mol. The minimum atomic E-state index is -1.91. The highest BCUT2D eigenvalue weighted by atomic mass is 16.7. The van der Waals surface area contributed by atoms with Crippen LogP contribution in [0.3, 0.4) is 0 Å². The molecule has 516 valence electrons. The molecule has 2 heterocycles. The second kappa shape index (κ2) is 34.1. The number of amides is 5. The van der Waals surface area contributed by atoms with Gasteiger partial charge in [-0.1, -0.05) is 97.8 Å². The fraction of sp³-hybridized carbons (Fsp3) is 0.400. The largest absolute Gasteiger partial charge is 0.497 e. The zero-order chi connectivity index (χ0) is 70.0. The molecule has 6 aromatic carbocycles. The third kappa shape index (κ3) is 18.1. The molecule has 0 saturated carbocycles. The Morgan fingerprint density at radius 1 is 0.531 bits per heavy atom. The van der Waals surface area contributed by atoms with Crippen LogP contribution in [0, 0.1) is 25.7 Å². The fourth-order valence-corrected chi connectivity index (χ4v) is 11.4. The smallest absolute Gasteiger partial charge is 0.310 e. The third-order valence-corrected chi connectivity index (χ3v) is 16.7. The number of nitrogens with one attached hydrogen (secondary N) is 5. The first-order valence-corrected chi connectivity index (χ1v) is 31.1. The molecular weight excluding hydrogens is 1250 g/mol. The summed E-state index contributed by atoms with van der Waals surface area (Å²) in [4.78, 5) is 76.7. The van der Waals surface area contributed by atoms with E-state index in [1.54, 1.807) is 125 Å². The molecule has 8 unspecified atom stereocenters. The van der Waals surface area contributed by atoms with Gasteiger partial charge in [0, 0.05) is 26.9 Å². The molecule has 6 aromatic rings. The lowest BCUT2D eigenvalue weighted by atomic mass is 9.74. The number of methoxy groups -OCH3 is 3. The van der Waals surface area contributed by atoms with Gasteiger partial charge in [0.05, 0.1) is 44.8 Å². The molecule has 5 amide bonds. The van der Waals surface area contributed by atoms with E-state index in [4.69, 9.17) is 37.9 Å². The Kier molecular flexibility index (Phi) is 26.4. The molecule has 0 spiro atoms. The Balaban J connectivity index is 0.000000359. The quantitative estimate of drug-likeness (QED) is 0.0343. The van der Waals surface area contributed by atoms with Gasteiger partial charge in [-0.2, -0.15) is 0 Å². The number of ether oxygens (including phenoxy) is 8. The van der Waals surface area contributed by atoms with Crippen LogP contribution in [0.15, 0.2) is 146 Å². The highest BCUT2D eigenvalue weighted by Gasteiger charge is 2.53. The molecule has 2 fully saturated rings. The molecule has 2 aliphatic heterocycles. The van der Waals surface area contributed by atoms with Gasteiger partial charge in [0.1, 0.15) is 82.3 Å². The number of carboxylic acids is 1. The number of hydrogen-bond donors (Lipinski definition) is 12. The van der Waals surface area contributed by atoms with Gasteiger partial charge < -0.3 is 79.0 Å². The number of hydrogen-bond acceptors (Lipinski definition) is 20. The lowest BCUT2D eigenvalue weighted by Crippen LogP contribution is -2.68. The van der Waals surface area contributed by atoms with Crippen molar-refractivity contribution in [2.45, 2.75) is 140 Å². The number of aliphatic hydroxyl groups excluding tert-OH is 4. The molecule has 96 heavy (non-hydrogen) atoms. The number of carbonyl (C=O) groups excluding carboxylic acids is 5. The van der Waals surface area contributed by atoms with E-state index in [1.165, 1.54) is 14.0 Å². The molecule has 8 rings (SSSR count). The molecular formula is C70H85N5O21. The molecule has 14 atom stereocenters. The Morgan fingerprint density at radius 2 is 0.927 bits per heavy atom. The Morgan fingerprint density at radius 3 is 1.30 bits per heavy atom. The van der Waals surface area contributed by atoms with Crippen molar-refractivity contribution in [3.63, 3.8) is 0 Å². The van der Waals surface area contributed by atoms with E-state index in [0.29, 0.717) is 56.8 Å². The van der Waals surface area contributed by atoms with E-state index in [1.807, 2.05) is 62.4 Å². The first-order valence-electron chi connectivity index (χ1n) is 31.1. The van der Waals surface area contributed by atoms with Crippen molar-refractivity contribution < 1.29 is 102 Å². The van der Waals surface area contributed by atoms with Crippen molar-refractivity contribution in [3.05, 3.63) is 179 Å². The summed E-state index contributed by atoms with van der Waals surface area (Å²) in [5.74, 6) is -3.64. The van der Waals surface area contributed by atoms with Crippen molar-refractivity contribution in [1.29, 1.82) is 0 Å². The average molecular weight is 1330 g/mol. The minimum absolute atomic E-state index is 0.115. The van der Waals surface area contributed by atoms with E-state index in [-0.39, 0.29) is 12.8 Å². The summed E-state index contributed by atoms with van der Waals surface area (Å²) >= 11 is 0. The third-order valence-electron chi connectivity index (χ3n) is 16.7. The van der Waals surface area contributed by atoms with E-state index in [2.05, 4.69) is 27.0 Å². The first kappa shape index (κ1) is 74.3. The van der Waals surface area contributed by atoms with Crippen LogP contribution >= 0.6 is 0 Å². The van der Waals surface area contributed by atoms with Crippen LogP contribution < -0.4 is 46.0 Å². The maximum absolute atomic E-state index is 13.8. The van der Waals surface area contributed by atoms with Gasteiger partial charge in [-0.25, -0.2) is 0 Å². The highest BCUT2D eigenvalue weighted by molar-refractivity contribution is 5.89. The number of rotatable bonds is 25. The lowest BCUT2D eigenvalue weighted by molar-refractivity contribution is -0.325. The van der Waals surface area contributed by atoms with E-state index >= 15 is 0 Å². The Hall–Kier alpha value is -9.06. The number of hydrazine groups is 2. The molecule has 12 N–H and O–H groups in total. The molecule has 26 heteroatoms. The molecule has 2 aliphatic rings. The van der Waals surface area contributed by atoms with Crippen LogP contribution in [0.4, 0.5) is 0 Å². The minimum Gasteiger partial charge on any atom is -0.497 e. The molecule has 26 nitrogen and oxygen atoms in total. The Bertz CT molecular complexity index is 3530. The zero-order valence-corrected chi connectivity index (χ0v) is 54.7. The second-order valence-corrected chi connectivity index (χ2v) is 23.2. The van der Waals surface area contributed by atoms with Crippen LogP contribution in [0.5, 0.6) is 34.5 Å². The number of aliphatic hydroxyl groups is 6. The van der Waals surface area contributed by atoms with Crippen LogP contribution in [0.25, 0.3) is 0 Å². The molecule has 2 saturated heterocycles. The van der Waals surface area contributed by atoms with Gasteiger partial charge in [0.25, 0.3) is 5.91 Å². The summed E-state index contributed by atoms with van der Waals surface area (Å²) in [7, 11) is 4.18. The molecule has 0 bridgehead atoms. The number of aryl methyl sites for hydroxylation is 2. The zero-order valence-electron chi connectivity index (χ0n) is 54.7. The monoisotopic (exact) mass is 1330 g/mol. The molecule has 0 radical (unpaired) electrons. The van der Waals surface area contributed by atoms with Gasteiger partial charge in [0.15, 0.2) is 12.4 Å². The van der Waals surface area contributed by atoms with Crippen molar-refractivity contribution >= 4 is 35.5 Å². The summed E-state index contributed by atoms with van der Waals surface area (Å²) < 4.78 is 44.7. The summed E-state index contributed by atoms with van der Waals surface area (Å²) in [5.41, 5.74) is 9.16. The summed E-state index contributed by atoms with van der Waals surface area (Å²) in [6.45, 7) is 9.56. The van der Waals surface area contributed by atoms with E-state index in [0.717, 1.165) is 18.2 Å². The van der Waals surface area contributed by atoms with Crippen LogP contribution in [-0.4, -0.2) is 160 Å². The average Bonchev–Trinajstić information content (AvgIpc) is 0.791. The van der Waals surface area contributed by atoms with Crippen molar-refractivity contribution in [2.24, 2.45) is 11.8 Å². The topological polar surface area (TPSA) is 378 Å². The summed E-state index contributed by atoms with van der Waals surface area (Å²) in [6, 6.07) is 41.0. The van der Waals surface area contributed by atoms with Crippen LogP contribution in [0.2, 0.25) is 0 Å². The fourth-order valence-electron chi connectivity index (χ4n) is 11.4. The van der Waals surface area contributed by atoms with Crippen molar-refractivity contribution in [1.82, 2.24) is 27.0 Å². The van der Waals surface area contributed by atoms with Gasteiger partial charge in [0.2, 0.25) is 23.6 Å². The van der Waals surface area contributed by atoms with E-state index in [9.17, 15) is 64.5 Å². The highest BCUT2D eigenvalue weighted by Crippen LogP contribution is 2.43. The van der Waals surface area contributed by atoms with Gasteiger partial charge >= 0.3 is 5.97 Å². The standard InChI is InChI=1S/C45H59N5O16.C25H26O5/c1-7-31(45(60,26-10-16-28(61-5)17-11-26)27-12-18-30(19-13-27)64-29-14-8-23(2)9-15-29)42(58)49-47-33(53)20-21-34(54)48-50-43(59)41-40(62-6)37(56)38(57)44(66-41)65-39-35(46-25(4)52)24(3)63-32(22-51)36(39)55;1-4-23(24(26)27)25(28,18-7-13-20(29-3)14-8-18)19-9-15-22(16-10-19)30-21-11-5-17(2)6-12-21/h8-19,24,31-32,35-41,44,51,55-57,60H,7,20-22H2,1-6H3,(H,46,52)(H,47,53)(H,48,54)(H,49,58)(H,50,59);5-16,23,28H,4H2,1-3H3,(H,26,27)/t24-,31?,32-,35?,36+,37?,38?,39?,40-,41+,44+,45?;/m0./s1. The molecule has 0 aromatic heterocycles. The van der Waals surface area contributed by atoms with Crippen molar-refractivity contribution in [2.75, 3.05) is 27.9 Å². The number of carbonyl (C=O) groups is 6. The summed E-state index contributed by atoms with van der Waals surface area (Å²) in [5, 5.41) is 79.0. The van der Waals surface area contributed by atoms with Crippen molar-refractivity contribution in [3.8, 4) is 34.5 Å². The molecule has 0 aliphatic carbocycles. The normalized spacial score (nSPS) is 22.5. The van der Waals surface area contributed by atoms with Gasteiger partial charge in [-0.05, 0) is 129 Å². The maximum Gasteiger partial charge on any atom is 0.310 e.